The third kappa shape index (κ3) is 3.51. The fourth-order valence-electron chi connectivity index (χ4n) is 4.48. The number of imide groups is 1. The number of amides is 3. The van der Waals surface area contributed by atoms with Crippen LogP contribution in [-0.4, -0.2) is 61.9 Å². The Balaban J connectivity index is 1.59. The molecular formula is C22H28N6O2. The number of rotatable bonds is 5. The highest BCUT2D eigenvalue weighted by molar-refractivity contribution is 6.07. The normalized spacial score (nSPS) is 18.7. The number of hydrogen-bond acceptors (Lipinski definition) is 6. The molecule has 0 N–H and O–H groups in total. The molecule has 4 rings (SSSR count). The van der Waals surface area contributed by atoms with Crippen molar-refractivity contribution in [3.05, 3.63) is 48.2 Å². The zero-order valence-electron chi connectivity index (χ0n) is 17.8. The molecule has 0 aliphatic carbocycles. The summed E-state index contributed by atoms with van der Waals surface area (Å²) in [4.78, 5) is 45.4. The van der Waals surface area contributed by atoms with Crippen LogP contribution in [0.5, 0.6) is 0 Å². The van der Waals surface area contributed by atoms with E-state index < -0.39 is 5.54 Å². The van der Waals surface area contributed by atoms with Crippen LogP contribution in [0.3, 0.4) is 0 Å². The number of nitrogens with zero attached hydrogens (tertiary/aromatic N) is 6. The van der Waals surface area contributed by atoms with Crippen LogP contribution in [0.15, 0.2) is 36.8 Å². The smallest absolute Gasteiger partial charge is 0.328 e. The van der Waals surface area contributed by atoms with Crippen LogP contribution in [0.2, 0.25) is 0 Å². The summed E-state index contributed by atoms with van der Waals surface area (Å²) in [6.45, 7) is 8.18. The van der Waals surface area contributed by atoms with Gasteiger partial charge in [0.1, 0.15) is 11.4 Å². The fraction of sp³-hybridized carbons (Fsp3) is 0.500. The van der Waals surface area contributed by atoms with Crippen LogP contribution in [0.25, 0.3) is 0 Å². The zero-order valence-corrected chi connectivity index (χ0v) is 17.8. The predicted molar refractivity (Wildman–Crippen MR) is 113 cm³/mol. The second-order valence-corrected chi connectivity index (χ2v) is 8.48. The molecule has 1 spiro atoms. The van der Waals surface area contributed by atoms with E-state index in [0.29, 0.717) is 38.2 Å². The highest BCUT2D eigenvalue weighted by Crippen LogP contribution is 2.39. The number of piperidine rings is 1. The molecule has 2 saturated heterocycles. The molecule has 2 aromatic heterocycles. The molecule has 3 amide bonds. The fourth-order valence-corrected chi connectivity index (χ4v) is 4.48. The minimum absolute atomic E-state index is 0.102. The molecular weight excluding hydrogens is 380 g/mol. The van der Waals surface area contributed by atoms with Gasteiger partial charge in [-0.3, -0.25) is 19.7 Å². The van der Waals surface area contributed by atoms with Gasteiger partial charge < -0.3 is 9.80 Å². The van der Waals surface area contributed by atoms with Crippen molar-refractivity contribution in [3.8, 4) is 0 Å². The summed E-state index contributed by atoms with van der Waals surface area (Å²) in [7, 11) is 0. The van der Waals surface area contributed by atoms with Crippen molar-refractivity contribution in [1.82, 2.24) is 24.8 Å². The second-order valence-electron chi connectivity index (χ2n) is 8.48. The Labute approximate surface area is 176 Å². The number of urea groups is 1. The number of carbonyl (C=O) groups is 2. The van der Waals surface area contributed by atoms with Gasteiger partial charge in [0, 0.05) is 38.2 Å². The molecule has 158 valence electrons. The first-order valence-corrected chi connectivity index (χ1v) is 10.5. The molecule has 4 heterocycles. The minimum atomic E-state index is -0.789. The van der Waals surface area contributed by atoms with Crippen LogP contribution in [0.4, 0.5) is 10.6 Å². The third-order valence-electron chi connectivity index (χ3n) is 5.96. The van der Waals surface area contributed by atoms with Crippen LogP contribution < -0.4 is 4.90 Å². The Hall–Kier alpha value is -3.03. The van der Waals surface area contributed by atoms with E-state index in [1.807, 2.05) is 30.0 Å². The van der Waals surface area contributed by atoms with Gasteiger partial charge in [0.15, 0.2) is 0 Å². The summed E-state index contributed by atoms with van der Waals surface area (Å²) in [5.74, 6) is 1.02. The van der Waals surface area contributed by atoms with Gasteiger partial charge in [0.05, 0.1) is 17.9 Å². The Kier molecular flexibility index (Phi) is 5.40. The molecule has 0 saturated carbocycles. The first-order chi connectivity index (χ1) is 14.4. The van der Waals surface area contributed by atoms with Crippen molar-refractivity contribution < 1.29 is 9.59 Å². The molecule has 8 heteroatoms. The number of aryl methyl sites for hydroxylation is 1. The Morgan fingerprint density at radius 2 is 1.77 bits per heavy atom. The molecule has 2 fully saturated rings. The van der Waals surface area contributed by atoms with E-state index in [1.54, 1.807) is 18.6 Å². The summed E-state index contributed by atoms with van der Waals surface area (Å²) in [5, 5.41) is 0. The summed E-state index contributed by atoms with van der Waals surface area (Å²) >= 11 is 0. The summed E-state index contributed by atoms with van der Waals surface area (Å²) in [6.07, 6.45) is 6.22. The molecule has 0 aromatic carbocycles. The maximum absolute atomic E-state index is 13.6. The average Bonchev–Trinajstić information content (AvgIpc) is 2.92. The van der Waals surface area contributed by atoms with E-state index in [9.17, 15) is 9.59 Å². The van der Waals surface area contributed by atoms with Gasteiger partial charge >= 0.3 is 6.03 Å². The van der Waals surface area contributed by atoms with Crippen LogP contribution in [0.1, 0.15) is 38.1 Å². The van der Waals surface area contributed by atoms with E-state index in [1.165, 1.54) is 4.90 Å². The number of pyridine rings is 1. The van der Waals surface area contributed by atoms with Crippen LogP contribution in [0, 0.1) is 12.8 Å². The van der Waals surface area contributed by atoms with Gasteiger partial charge in [-0.2, -0.15) is 0 Å². The lowest BCUT2D eigenvalue weighted by Crippen LogP contribution is -2.57. The van der Waals surface area contributed by atoms with Gasteiger partial charge in [0.25, 0.3) is 5.91 Å². The van der Waals surface area contributed by atoms with Crippen molar-refractivity contribution in [2.24, 2.45) is 5.92 Å². The zero-order chi connectivity index (χ0) is 21.3. The third-order valence-corrected chi connectivity index (χ3v) is 5.96. The monoisotopic (exact) mass is 408 g/mol. The first-order valence-electron chi connectivity index (χ1n) is 10.5. The molecule has 30 heavy (non-hydrogen) atoms. The molecule has 0 atom stereocenters. The highest BCUT2D eigenvalue weighted by atomic mass is 16.2. The minimum Gasteiger partial charge on any atom is -0.355 e. The Bertz CT molecular complexity index is 924. The molecule has 8 nitrogen and oxygen atoms in total. The number of hydrogen-bond donors (Lipinski definition) is 0. The van der Waals surface area contributed by atoms with Crippen molar-refractivity contribution in [2.45, 2.75) is 45.7 Å². The predicted octanol–water partition coefficient (Wildman–Crippen LogP) is 2.64. The van der Waals surface area contributed by atoms with E-state index >= 15 is 0 Å². The van der Waals surface area contributed by atoms with Gasteiger partial charge in [-0.05, 0) is 37.8 Å². The summed E-state index contributed by atoms with van der Waals surface area (Å²) in [6, 6.07) is 5.34. The van der Waals surface area contributed by atoms with Crippen LogP contribution in [-0.2, 0) is 11.3 Å². The standard InChI is InChI=1S/C22H28N6O2/c1-16(2)14-28-21(30)27(15-18-6-4-5-9-24-18)20(29)22(28)7-12-26(13-8-22)19-17(3)23-10-11-25-19/h4-6,9-11,16H,7-8,12-15H2,1-3H3. The molecule has 0 bridgehead atoms. The lowest BCUT2D eigenvalue weighted by molar-refractivity contribution is -0.134. The van der Waals surface area contributed by atoms with E-state index in [0.717, 1.165) is 11.5 Å². The molecule has 2 aromatic rings. The van der Waals surface area contributed by atoms with Gasteiger partial charge in [0.2, 0.25) is 0 Å². The van der Waals surface area contributed by atoms with E-state index in [-0.39, 0.29) is 24.4 Å². The van der Waals surface area contributed by atoms with E-state index in [4.69, 9.17) is 0 Å². The van der Waals surface area contributed by atoms with Crippen LogP contribution >= 0.6 is 0 Å². The Morgan fingerprint density at radius 1 is 1.03 bits per heavy atom. The highest BCUT2D eigenvalue weighted by Gasteiger charge is 2.58. The molecule has 2 aliphatic rings. The van der Waals surface area contributed by atoms with Gasteiger partial charge in [-0.25, -0.2) is 9.78 Å². The van der Waals surface area contributed by atoms with Crippen molar-refractivity contribution in [1.29, 1.82) is 0 Å². The van der Waals surface area contributed by atoms with Crippen molar-refractivity contribution in [2.75, 3.05) is 24.5 Å². The first kappa shape index (κ1) is 20.3. The summed E-state index contributed by atoms with van der Waals surface area (Å²) < 4.78 is 0. The largest absolute Gasteiger partial charge is 0.355 e. The Morgan fingerprint density at radius 3 is 2.40 bits per heavy atom. The SMILES string of the molecule is Cc1nccnc1N1CCC2(CC1)C(=O)N(Cc1ccccn1)C(=O)N2CC(C)C. The quantitative estimate of drug-likeness (QED) is 0.708. The van der Waals surface area contributed by atoms with E-state index in [2.05, 4.69) is 33.7 Å². The summed E-state index contributed by atoms with van der Waals surface area (Å²) in [5.41, 5.74) is 0.800. The van der Waals surface area contributed by atoms with Gasteiger partial charge in [-0.1, -0.05) is 19.9 Å². The maximum Gasteiger partial charge on any atom is 0.328 e. The lowest BCUT2D eigenvalue weighted by atomic mass is 9.85. The van der Waals surface area contributed by atoms with Crippen molar-refractivity contribution >= 4 is 17.8 Å². The molecule has 2 aliphatic heterocycles. The number of anilines is 1. The number of carbonyl (C=O) groups excluding carboxylic acids is 2. The lowest BCUT2D eigenvalue weighted by Gasteiger charge is -2.43. The van der Waals surface area contributed by atoms with Gasteiger partial charge in [-0.15, -0.1) is 0 Å². The average molecular weight is 409 g/mol. The topological polar surface area (TPSA) is 82.5 Å². The van der Waals surface area contributed by atoms with Crippen molar-refractivity contribution in [3.63, 3.8) is 0 Å². The maximum atomic E-state index is 13.6. The molecule has 0 unspecified atom stereocenters. The molecule has 0 radical (unpaired) electrons. The second kappa shape index (κ2) is 8.01. The number of aromatic nitrogens is 3.